The van der Waals surface area contributed by atoms with Gasteiger partial charge < -0.3 is 0 Å². The Morgan fingerprint density at radius 3 is 1.50 bits per heavy atom. The van der Waals surface area contributed by atoms with Crippen molar-refractivity contribution in [1.29, 1.82) is 0 Å². The molecule has 0 heterocycles. The smallest absolute Gasteiger partial charge is 0.260 e. The summed E-state index contributed by atoms with van der Waals surface area (Å²) in [7, 11) is 0. The molecule has 0 aromatic rings. The fraction of sp³-hybridized carbons (Fsp3) is 1.00. The predicted octanol–water partition coefficient (Wildman–Crippen LogP) is 2.01. The number of alkyl halides is 3. The van der Waals surface area contributed by atoms with E-state index in [9.17, 15) is 10.1 Å². The molecule has 0 bridgehead atoms. The quantitative estimate of drug-likeness (QED) is 0.260. The molecule has 0 spiro atoms. The summed E-state index contributed by atoms with van der Waals surface area (Å²) in [6, 6.07) is 0. The van der Waals surface area contributed by atoms with Crippen molar-refractivity contribution in [2.24, 2.45) is 0 Å². The maximum atomic E-state index is 9.43. The molecule has 0 amide bonds. The molecule has 0 saturated heterocycles. The third-order valence-electron chi connectivity index (χ3n) is 0.207. The lowest BCUT2D eigenvalue weighted by molar-refractivity contribution is -0.491. The minimum atomic E-state index is -2.36. The molecule has 3 nitrogen and oxygen atoms in total. The van der Waals surface area contributed by atoms with E-state index in [1.165, 1.54) is 0 Å². The summed E-state index contributed by atoms with van der Waals surface area (Å²) < 4.78 is -2.36. The van der Waals surface area contributed by atoms with E-state index in [-0.39, 0.29) is 12.4 Å². The van der Waals surface area contributed by atoms with Gasteiger partial charge in [-0.25, -0.2) is 0 Å². The number of halogens is 4. The van der Waals surface area contributed by atoms with E-state index in [4.69, 9.17) is 34.8 Å². The highest BCUT2D eigenvalue weighted by atomic mass is 35.6. The number of rotatable bonds is 0. The molecule has 8 heavy (non-hydrogen) atoms. The van der Waals surface area contributed by atoms with Crippen molar-refractivity contribution in [1.82, 2.24) is 0 Å². The molecule has 0 N–H and O–H groups in total. The van der Waals surface area contributed by atoms with Crippen LogP contribution in [0, 0.1) is 10.1 Å². The molecule has 0 saturated carbocycles. The van der Waals surface area contributed by atoms with Gasteiger partial charge in [0, 0.05) is 0 Å². The lowest BCUT2D eigenvalue weighted by Crippen LogP contribution is -2.15. The topological polar surface area (TPSA) is 43.1 Å². The van der Waals surface area contributed by atoms with Crippen molar-refractivity contribution in [3.05, 3.63) is 10.1 Å². The summed E-state index contributed by atoms with van der Waals surface area (Å²) in [6.45, 7) is 0. The molecular formula is CHCl4NO2. The molecule has 7 heteroatoms. The Balaban J connectivity index is 0. The Morgan fingerprint density at radius 2 is 1.50 bits per heavy atom. The number of hydrogen-bond donors (Lipinski definition) is 0. The van der Waals surface area contributed by atoms with E-state index >= 15 is 0 Å². The van der Waals surface area contributed by atoms with Gasteiger partial charge in [-0.2, -0.15) is 0 Å². The van der Waals surface area contributed by atoms with Crippen molar-refractivity contribution in [2.45, 2.75) is 3.92 Å². The normalized spacial score (nSPS) is 9.88. The van der Waals surface area contributed by atoms with Gasteiger partial charge in [0.15, 0.2) is 0 Å². The highest BCUT2D eigenvalue weighted by molar-refractivity contribution is 6.65. The Bertz CT molecular complexity index is 86.5. The number of hydrogen-bond acceptors (Lipinski definition) is 2. The van der Waals surface area contributed by atoms with Crippen LogP contribution in [0.4, 0.5) is 0 Å². The second-order valence-electron chi connectivity index (χ2n) is 0.725. The van der Waals surface area contributed by atoms with Crippen molar-refractivity contribution in [3.8, 4) is 0 Å². The number of nitrogens with zero attached hydrogens (tertiary/aromatic N) is 1. The molecule has 0 aliphatic heterocycles. The zero-order valence-electron chi connectivity index (χ0n) is 3.31. The first kappa shape index (κ1) is 11.4. The van der Waals surface area contributed by atoms with Crippen LogP contribution >= 0.6 is 47.2 Å². The molecule has 0 aromatic heterocycles. The van der Waals surface area contributed by atoms with Crippen molar-refractivity contribution < 1.29 is 4.92 Å². The average Bonchev–Trinajstić information content (AvgIpc) is 1.31. The van der Waals surface area contributed by atoms with E-state index in [1.54, 1.807) is 0 Å². The van der Waals surface area contributed by atoms with Gasteiger partial charge in [-0.3, -0.25) is 10.1 Å². The summed E-state index contributed by atoms with van der Waals surface area (Å²) in [4.78, 5) is 8.41. The van der Waals surface area contributed by atoms with Crippen LogP contribution in [0.1, 0.15) is 0 Å². The zero-order chi connectivity index (χ0) is 6.08. The van der Waals surface area contributed by atoms with Crippen LogP contribution in [0.3, 0.4) is 0 Å². The molecule has 0 atom stereocenters. The van der Waals surface area contributed by atoms with Gasteiger partial charge in [0.05, 0.1) is 4.92 Å². The van der Waals surface area contributed by atoms with Crippen LogP contribution in [0.2, 0.25) is 0 Å². The maximum Gasteiger partial charge on any atom is 0.449 e. The van der Waals surface area contributed by atoms with E-state index in [1.807, 2.05) is 0 Å². The monoisotopic (exact) mass is 199 g/mol. The van der Waals surface area contributed by atoms with Crippen molar-refractivity contribution in [3.63, 3.8) is 0 Å². The maximum absolute atomic E-state index is 9.43. The van der Waals surface area contributed by atoms with Gasteiger partial charge in [0.25, 0.3) is 0 Å². The molecule has 0 unspecified atom stereocenters. The predicted molar refractivity (Wildman–Crippen MR) is 34.5 cm³/mol. The Labute approximate surface area is 66.5 Å². The largest absolute Gasteiger partial charge is 0.449 e. The van der Waals surface area contributed by atoms with E-state index in [2.05, 4.69) is 0 Å². The second kappa shape index (κ2) is 3.56. The summed E-state index contributed by atoms with van der Waals surface area (Å²) in [5.74, 6) is 0. The molecule has 50 valence electrons. The minimum Gasteiger partial charge on any atom is -0.260 e. The molecule has 0 aliphatic rings. The van der Waals surface area contributed by atoms with E-state index in [0.717, 1.165) is 0 Å². The van der Waals surface area contributed by atoms with Gasteiger partial charge in [-0.1, -0.05) is 0 Å². The second-order valence-corrected chi connectivity index (χ2v) is 2.95. The standard InChI is InChI=1S/CCl3NO2.ClH/c2-1(3,4)5(6)7;/h;1H. The molecule has 0 aromatic carbocycles. The van der Waals surface area contributed by atoms with E-state index < -0.39 is 8.84 Å². The molecule has 0 rings (SSSR count). The number of nitro groups is 1. The first-order valence-corrected chi connectivity index (χ1v) is 2.29. The molecule has 0 fully saturated rings. The van der Waals surface area contributed by atoms with Gasteiger partial charge >= 0.3 is 3.92 Å². The highest BCUT2D eigenvalue weighted by Gasteiger charge is 2.33. The summed E-state index contributed by atoms with van der Waals surface area (Å²) in [6.07, 6.45) is 0. The van der Waals surface area contributed by atoms with Gasteiger partial charge in [-0.05, 0) is 34.8 Å². The Morgan fingerprint density at radius 1 is 1.38 bits per heavy atom. The van der Waals surface area contributed by atoms with Crippen LogP contribution in [0.15, 0.2) is 0 Å². The third-order valence-corrected chi connectivity index (χ3v) is 0.621. The van der Waals surface area contributed by atoms with Crippen LogP contribution in [0.25, 0.3) is 0 Å². The fourth-order valence-corrected chi connectivity index (χ4v) is 0. The molecule has 0 aliphatic carbocycles. The SMILES string of the molecule is Cl.O=[N+]([O-])C(Cl)(Cl)Cl. The average molecular weight is 201 g/mol. The summed E-state index contributed by atoms with van der Waals surface area (Å²) in [5, 5.41) is 9.43. The Kier molecular flexibility index (Phi) is 5.06. The van der Waals surface area contributed by atoms with Gasteiger partial charge in [-0.15, -0.1) is 12.4 Å². The lowest BCUT2D eigenvalue weighted by Gasteiger charge is -1.96. The third kappa shape index (κ3) is 4.71. The first-order valence-electron chi connectivity index (χ1n) is 1.16. The highest BCUT2D eigenvalue weighted by Crippen LogP contribution is 2.25. The minimum absolute atomic E-state index is 0. The van der Waals surface area contributed by atoms with Crippen LogP contribution in [-0.2, 0) is 0 Å². The fourth-order valence-electron chi connectivity index (χ4n) is 0. The van der Waals surface area contributed by atoms with Crippen LogP contribution in [-0.4, -0.2) is 8.84 Å². The van der Waals surface area contributed by atoms with Crippen molar-refractivity contribution in [2.75, 3.05) is 0 Å². The van der Waals surface area contributed by atoms with E-state index in [0.29, 0.717) is 0 Å². The van der Waals surface area contributed by atoms with Crippen LogP contribution < -0.4 is 0 Å². The van der Waals surface area contributed by atoms with Gasteiger partial charge in [0.2, 0.25) is 0 Å². The molecular weight excluding hydrogens is 200 g/mol. The van der Waals surface area contributed by atoms with Crippen LogP contribution in [0.5, 0.6) is 0 Å². The lowest BCUT2D eigenvalue weighted by atomic mass is 11.4. The first-order chi connectivity index (χ1) is 2.94. The Hall–Kier alpha value is 0.560. The zero-order valence-corrected chi connectivity index (χ0v) is 6.39. The van der Waals surface area contributed by atoms with Gasteiger partial charge in [0.1, 0.15) is 0 Å². The molecule has 0 radical (unpaired) electrons. The summed E-state index contributed by atoms with van der Waals surface area (Å²) >= 11 is 14.1. The summed E-state index contributed by atoms with van der Waals surface area (Å²) in [5.41, 5.74) is 0. The van der Waals surface area contributed by atoms with Crippen molar-refractivity contribution >= 4 is 47.2 Å².